The lowest BCUT2D eigenvalue weighted by molar-refractivity contribution is -0.143. The van der Waals surface area contributed by atoms with Gasteiger partial charge in [-0.25, -0.2) is 0 Å². The summed E-state index contributed by atoms with van der Waals surface area (Å²) in [5.74, 6) is -0.267. The fourth-order valence-corrected chi connectivity index (χ4v) is 7.21. The first kappa shape index (κ1) is 19.9. The molecule has 1 aromatic rings. The van der Waals surface area contributed by atoms with E-state index in [0.29, 0.717) is 6.61 Å². The van der Waals surface area contributed by atoms with E-state index < -0.39 is 16.4 Å². The molecule has 0 saturated carbocycles. The van der Waals surface area contributed by atoms with E-state index in [1.54, 1.807) is 0 Å². The van der Waals surface area contributed by atoms with E-state index >= 15 is 0 Å². The van der Waals surface area contributed by atoms with Crippen molar-refractivity contribution in [2.75, 3.05) is 6.61 Å². The fourth-order valence-electron chi connectivity index (χ4n) is 2.84. The molecular weight excluding hydrogens is 320 g/mol. The van der Waals surface area contributed by atoms with Crippen LogP contribution in [0, 0.1) is 0 Å². The highest BCUT2D eigenvalue weighted by Crippen LogP contribution is 2.31. The van der Waals surface area contributed by atoms with Crippen LogP contribution in [0.4, 0.5) is 0 Å². The first-order valence-electron chi connectivity index (χ1n) is 8.07. The highest BCUT2D eigenvalue weighted by Gasteiger charge is 2.39. The van der Waals surface area contributed by atoms with Gasteiger partial charge in [-0.3, -0.25) is 4.79 Å². The maximum atomic E-state index is 11.3. The Labute approximate surface area is 142 Å². The van der Waals surface area contributed by atoms with Crippen molar-refractivity contribution in [1.82, 2.24) is 0 Å². The summed E-state index contributed by atoms with van der Waals surface area (Å²) >= 11 is 0. The summed E-state index contributed by atoms with van der Waals surface area (Å²) in [6, 6.07) is 10.5. The quantitative estimate of drug-likeness (QED) is 0.405. The van der Waals surface area contributed by atoms with E-state index in [-0.39, 0.29) is 17.6 Å². The molecule has 23 heavy (non-hydrogen) atoms. The molecule has 0 aliphatic rings. The van der Waals surface area contributed by atoms with Gasteiger partial charge in [0.05, 0.1) is 14.2 Å². The number of ether oxygens (including phenoxy) is 1. The minimum Gasteiger partial charge on any atom is -0.463 e. The van der Waals surface area contributed by atoms with E-state index in [2.05, 4.69) is 63.6 Å². The third-order valence-electron chi connectivity index (χ3n) is 3.96. The second-order valence-electron chi connectivity index (χ2n) is 7.42. The molecule has 0 aliphatic carbocycles. The summed E-state index contributed by atoms with van der Waals surface area (Å²) in [6.45, 7) is 16.9. The topological polar surface area (TPSA) is 35.5 Å². The zero-order chi connectivity index (χ0) is 17.7. The molecule has 0 N–H and O–H groups in total. The molecular formula is C18H30O3Si2. The Morgan fingerprint density at radius 2 is 1.74 bits per heavy atom. The van der Waals surface area contributed by atoms with Gasteiger partial charge < -0.3 is 9.16 Å². The fraction of sp³-hybridized carbons (Fsp3) is 0.500. The molecule has 1 rings (SSSR count). The Morgan fingerprint density at radius 3 is 2.17 bits per heavy atom. The zero-order valence-electron chi connectivity index (χ0n) is 15.3. The third-order valence-corrected chi connectivity index (χ3v) is 9.07. The van der Waals surface area contributed by atoms with Gasteiger partial charge in [0.15, 0.2) is 8.32 Å². The zero-order valence-corrected chi connectivity index (χ0v) is 17.3. The van der Waals surface area contributed by atoms with Gasteiger partial charge in [0.25, 0.3) is 0 Å². The van der Waals surface area contributed by atoms with E-state index in [0.717, 1.165) is 0 Å². The molecule has 0 bridgehead atoms. The number of esters is 1. The van der Waals surface area contributed by atoms with Gasteiger partial charge in [0.2, 0.25) is 0 Å². The van der Waals surface area contributed by atoms with Crippen LogP contribution in [0.5, 0.6) is 0 Å². The predicted octanol–water partition coefficient (Wildman–Crippen LogP) is 3.94. The molecule has 0 spiro atoms. The minimum absolute atomic E-state index is 0.134. The van der Waals surface area contributed by atoms with Crippen molar-refractivity contribution in [1.29, 1.82) is 0 Å². The van der Waals surface area contributed by atoms with Crippen molar-refractivity contribution in [3.05, 3.63) is 43.0 Å². The molecule has 3 nitrogen and oxygen atoms in total. The first-order valence-corrected chi connectivity index (χ1v) is 14.6. The number of carbonyl (C=O) groups is 1. The van der Waals surface area contributed by atoms with Crippen molar-refractivity contribution in [2.24, 2.45) is 0 Å². The summed E-state index contributed by atoms with van der Waals surface area (Å²) in [4.78, 5) is 11.3. The van der Waals surface area contributed by atoms with Crippen LogP contribution in [0.25, 0.3) is 0 Å². The molecule has 0 radical (unpaired) electrons. The Bertz CT molecular complexity index is 521. The minimum atomic E-state index is -1.86. The van der Waals surface area contributed by atoms with Crippen molar-refractivity contribution in [2.45, 2.75) is 51.3 Å². The standard InChI is InChI=1S/C18H30O3Si2/c1-8-18(23(6,7)16-12-10-9-11-13-16)17(14-20-15(2)19)21-22(3,4)5/h8-13,17-18H,1,14H2,2-7H3/t17-,18-/m0/s1. The van der Waals surface area contributed by atoms with E-state index in [1.165, 1.54) is 12.1 Å². The smallest absolute Gasteiger partial charge is 0.302 e. The Balaban J connectivity index is 3.12. The lowest BCUT2D eigenvalue weighted by Crippen LogP contribution is -2.52. The summed E-state index contributed by atoms with van der Waals surface area (Å²) in [5.41, 5.74) is 0.177. The van der Waals surface area contributed by atoms with E-state index in [9.17, 15) is 4.79 Å². The summed E-state index contributed by atoms with van der Waals surface area (Å²) in [7, 11) is -3.62. The van der Waals surface area contributed by atoms with Crippen molar-refractivity contribution >= 4 is 27.5 Å². The highest BCUT2D eigenvalue weighted by atomic mass is 28.4. The molecule has 1 aromatic carbocycles. The number of carbonyl (C=O) groups excluding carboxylic acids is 1. The summed E-state index contributed by atoms with van der Waals surface area (Å²) in [5, 5.41) is 1.36. The van der Waals surface area contributed by atoms with Crippen molar-refractivity contribution in [3.63, 3.8) is 0 Å². The van der Waals surface area contributed by atoms with E-state index in [1.807, 2.05) is 12.1 Å². The van der Waals surface area contributed by atoms with Crippen LogP contribution in [0.15, 0.2) is 43.0 Å². The van der Waals surface area contributed by atoms with Crippen LogP contribution < -0.4 is 5.19 Å². The molecule has 0 aliphatic heterocycles. The molecule has 0 aromatic heterocycles. The monoisotopic (exact) mass is 350 g/mol. The van der Waals surface area contributed by atoms with Crippen molar-refractivity contribution < 1.29 is 14.0 Å². The molecule has 128 valence electrons. The Morgan fingerprint density at radius 1 is 1.17 bits per heavy atom. The molecule has 0 heterocycles. The maximum Gasteiger partial charge on any atom is 0.302 e. The van der Waals surface area contributed by atoms with Crippen LogP contribution in [0.2, 0.25) is 38.3 Å². The molecule has 0 amide bonds. The highest BCUT2D eigenvalue weighted by molar-refractivity contribution is 6.91. The largest absolute Gasteiger partial charge is 0.463 e. The van der Waals surface area contributed by atoms with Gasteiger partial charge in [-0.2, -0.15) is 0 Å². The third kappa shape index (κ3) is 6.08. The second kappa shape index (κ2) is 8.08. The molecule has 2 atom stereocenters. The Kier molecular flexibility index (Phi) is 6.98. The van der Waals surface area contributed by atoms with Gasteiger partial charge in [-0.15, -0.1) is 6.58 Å². The number of hydrogen-bond acceptors (Lipinski definition) is 3. The number of hydrogen-bond donors (Lipinski definition) is 0. The molecule has 0 unspecified atom stereocenters. The average Bonchev–Trinajstić information content (AvgIpc) is 2.44. The van der Waals surface area contributed by atoms with Gasteiger partial charge in [0, 0.05) is 12.5 Å². The first-order chi connectivity index (χ1) is 10.6. The Hall–Kier alpha value is -1.18. The molecule has 0 fully saturated rings. The van der Waals surface area contributed by atoms with Crippen molar-refractivity contribution in [3.8, 4) is 0 Å². The van der Waals surface area contributed by atoms with Crippen LogP contribution >= 0.6 is 0 Å². The van der Waals surface area contributed by atoms with Gasteiger partial charge >= 0.3 is 5.97 Å². The average molecular weight is 351 g/mol. The van der Waals surface area contributed by atoms with Gasteiger partial charge in [-0.1, -0.05) is 54.7 Å². The van der Waals surface area contributed by atoms with E-state index in [4.69, 9.17) is 9.16 Å². The van der Waals surface area contributed by atoms with Crippen LogP contribution in [-0.4, -0.2) is 35.1 Å². The predicted molar refractivity (Wildman–Crippen MR) is 102 cm³/mol. The van der Waals surface area contributed by atoms with Gasteiger partial charge in [0.1, 0.15) is 6.61 Å². The normalized spacial score (nSPS) is 14.9. The van der Waals surface area contributed by atoms with Crippen LogP contribution in [-0.2, 0) is 14.0 Å². The molecule has 0 saturated heterocycles. The lowest BCUT2D eigenvalue weighted by Gasteiger charge is -2.39. The SMILES string of the molecule is C=C[C@@H]([C@H](COC(C)=O)O[Si](C)(C)C)[Si](C)(C)c1ccccc1. The lowest BCUT2D eigenvalue weighted by atomic mass is 10.2. The van der Waals surface area contributed by atoms with Gasteiger partial charge in [-0.05, 0) is 19.6 Å². The van der Waals surface area contributed by atoms with Crippen LogP contribution in [0.1, 0.15) is 6.92 Å². The second-order valence-corrected chi connectivity index (χ2v) is 16.6. The van der Waals surface area contributed by atoms with Crippen LogP contribution in [0.3, 0.4) is 0 Å². The number of benzene rings is 1. The number of rotatable bonds is 8. The summed E-state index contributed by atoms with van der Waals surface area (Å²) < 4.78 is 11.7. The maximum absolute atomic E-state index is 11.3. The molecule has 5 heteroatoms. The summed E-state index contributed by atoms with van der Waals surface area (Å²) in [6.07, 6.45) is 1.86.